The van der Waals surface area contributed by atoms with Crippen molar-refractivity contribution < 1.29 is 22.9 Å². The van der Waals surface area contributed by atoms with E-state index in [1.807, 2.05) is 0 Å². The third kappa shape index (κ3) is 3.14. The summed E-state index contributed by atoms with van der Waals surface area (Å²) in [6.45, 7) is 0. The smallest absolute Gasteiger partial charge is 0.307 e. The van der Waals surface area contributed by atoms with Gasteiger partial charge in [-0.05, 0) is 40.1 Å². The fourth-order valence-corrected chi connectivity index (χ4v) is 3.28. The van der Waals surface area contributed by atoms with Gasteiger partial charge in [-0.15, -0.1) is 0 Å². The van der Waals surface area contributed by atoms with Crippen molar-refractivity contribution in [2.45, 2.75) is 11.3 Å². The largest absolute Gasteiger partial charge is 0.481 e. The van der Waals surface area contributed by atoms with Crippen LogP contribution < -0.4 is 4.72 Å². The molecule has 0 amide bonds. The van der Waals surface area contributed by atoms with E-state index in [-0.39, 0.29) is 16.8 Å². The molecule has 0 aliphatic heterocycles. The lowest BCUT2D eigenvalue weighted by Gasteiger charge is -2.08. The third-order valence-electron chi connectivity index (χ3n) is 3.10. The average molecular weight is 333 g/mol. The first-order valence-electron chi connectivity index (χ1n) is 6.50. The molecule has 0 aliphatic carbocycles. The molecule has 8 nitrogen and oxygen atoms in total. The molecule has 0 bridgehead atoms. The van der Waals surface area contributed by atoms with Gasteiger partial charge in [-0.1, -0.05) is 18.2 Å². The van der Waals surface area contributed by atoms with E-state index < -0.39 is 16.0 Å². The van der Waals surface area contributed by atoms with Gasteiger partial charge in [0, 0.05) is 5.69 Å². The van der Waals surface area contributed by atoms with E-state index in [1.54, 1.807) is 18.2 Å². The Morgan fingerprint density at radius 2 is 1.87 bits per heavy atom. The molecule has 0 saturated carbocycles. The fourth-order valence-electron chi connectivity index (χ4n) is 2.07. The quantitative estimate of drug-likeness (QED) is 0.727. The van der Waals surface area contributed by atoms with Crippen LogP contribution in [0.15, 0.2) is 52.0 Å². The van der Waals surface area contributed by atoms with Gasteiger partial charge in [0.25, 0.3) is 10.0 Å². The summed E-state index contributed by atoms with van der Waals surface area (Å²) in [6, 6.07) is 10.6. The summed E-state index contributed by atoms with van der Waals surface area (Å²) in [5.74, 6) is -0.955. The van der Waals surface area contributed by atoms with Crippen LogP contribution in [0.1, 0.15) is 5.56 Å². The molecule has 0 spiro atoms. The number of nitrogens with zero attached hydrogens (tertiary/aromatic N) is 2. The van der Waals surface area contributed by atoms with Crippen molar-refractivity contribution in [1.82, 2.24) is 10.3 Å². The molecule has 1 aromatic heterocycles. The van der Waals surface area contributed by atoms with Crippen LogP contribution in [0.25, 0.3) is 11.0 Å². The molecule has 0 radical (unpaired) electrons. The van der Waals surface area contributed by atoms with E-state index >= 15 is 0 Å². The van der Waals surface area contributed by atoms with Crippen LogP contribution in [0.4, 0.5) is 5.69 Å². The lowest BCUT2D eigenvalue weighted by molar-refractivity contribution is -0.136. The number of carboxylic acids is 1. The summed E-state index contributed by atoms with van der Waals surface area (Å²) < 4.78 is 31.9. The van der Waals surface area contributed by atoms with Crippen molar-refractivity contribution in [2.75, 3.05) is 4.72 Å². The molecule has 1 heterocycles. The van der Waals surface area contributed by atoms with E-state index in [4.69, 9.17) is 5.11 Å². The summed E-state index contributed by atoms with van der Waals surface area (Å²) in [6.07, 6.45) is -0.128. The number of hydrogen-bond donors (Lipinski definition) is 2. The van der Waals surface area contributed by atoms with E-state index in [1.165, 1.54) is 24.3 Å². The van der Waals surface area contributed by atoms with Crippen LogP contribution >= 0.6 is 0 Å². The molecule has 3 rings (SSSR count). The van der Waals surface area contributed by atoms with Crippen LogP contribution in [-0.2, 0) is 21.2 Å². The standard InChI is InChI=1S/C14H11N3O5S/c18-13(19)8-9-4-6-10(7-5-9)17-23(20,21)12-3-1-2-11-14(12)16-22-15-11/h1-7,17H,8H2,(H,18,19). The Kier molecular flexibility index (Phi) is 3.70. The Morgan fingerprint density at radius 3 is 2.57 bits per heavy atom. The Labute approximate surface area is 130 Å². The zero-order valence-electron chi connectivity index (χ0n) is 11.6. The highest BCUT2D eigenvalue weighted by Gasteiger charge is 2.20. The number of aliphatic carboxylic acids is 1. The van der Waals surface area contributed by atoms with Crippen molar-refractivity contribution in [1.29, 1.82) is 0 Å². The predicted octanol–water partition coefficient (Wildman–Crippen LogP) is 1.65. The zero-order chi connectivity index (χ0) is 16.4. The van der Waals surface area contributed by atoms with E-state index in [2.05, 4.69) is 19.7 Å². The van der Waals surface area contributed by atoms with Crippen LogP contribution in [0.2, 0.25) is 0 Å². The number of anilines is 1. The lowest BCUT2D eigenvalue weighted by Crippen LogP contribution is -2.13. The van der Waals surface area contributed by atoms with Crippen LogP contribution in [-0.4, -0.2) is 29.8 Å². The summed E-state index contributed by atoms with van der Waals surface area (Å²) in [5, 5.41) is 15.9. The number of carbonyl (C=O) groups is 1. The number of fused-ring (bicyclic) bond motifs is 1. The number of benzene rings is 2. The molecular weight excluding hydrogens is 322 g/mol. The molecule has 9 heteroatoms. The number of aromatic nitrogens is 2. The minimum absolute atomic E-state index is 0.0501. The molecular formula is C14H11N3O5S. The Morgan fingerprint density at radius 1 is 1.13 bits per heavy atom. The maximum Gasteiger partial charge on any atom is 0.307 e. The first-order chi connectivity index (χ1) is 11.0. The normalized spacial score (nSPS) is 11.5. The highest BCUT2D eigenvalue weighted by atomic mass is 32.2. The fraction of sp³-hybridized carbons (Fsp3) is 0.0714. The first kappa shape index (κ1) is 15.0. The molecule has 2 N–H and O–H groups in total. The highest BCUT2D eigenvalue weighted by Crippen LogP contribution is 2.22. The average Bonchev–Trinajstić information content (AvgIpc) is 2.96. The van der Waals surface area contributed by atoms with Gasteiger partial charge in [0.05, 0.1) is 6.42 Å². The predicted molar refractivity (Wildman–Crippen MR) is 80.4 cm³/mol. The zero-order valence-corrected chi connectivity index (χ0v) is 12.4. The van der Waals surface area contributed by atoms with Crippen LogP contribution in [0.3, 0.4) is 0 Å². The second-order valence-electron chi connectivity index (χ2n) is 4.76. The third-order valence-corrected chi connectivity index (χ3v) is 4.51. The molecule has 0 fully saturated rings. The van der Waals surface area contributed by atoms with Gasteiger partial charge >= 0.3 is 5.97 Å². The number of nitrogens with one attached hydrogen (secondary N) is 1. The van der Waals surface area contributed by atoms with Crippen molar-refractivity contribution >= 4 is 32.7 Å². The summed E-state index contributed by atoms with van der Waals surface area (Å²) >= 11 is 0. The van der Waals surface area contributed by atoms with Gasteiger partial charge in [0.1, 0.15) is 10.4 Å². The van der Waals surface area contributed by atoms with Gasteiger partial charge in [-0.2, -0.15) is 0 Å². The van der Waals surface area contributed by atoms with Gasteiger partial charge in [-0.3, -0.25) is 9.52 Å². The SMILES string of the molecule is O=C(O)Cc1ccc(NS(=O)(=O)c2cccc3nonc23)cc1. The molecule has 118 valence electrons. The molecule has 0 atom stereocenters. The van der Waals surface area contributed by atoms with Crippen molar-refractivity contribution in [2.24, 2.45) is 0 Å². The Bertz CT molecular complexity index is 964. The Hall–Kier alpha value is -2.94. The number of carboxylic acid groups (broad SMARTS) is 1. The molecule has 2 aromatic carbocycles. The molecule has 23 heavy (non-hydrogen) atoms. The molecule has 3 aromatic rings. The molecule has 0 aliphatic rings. The van der Waals surface area contributed by atoms with Gasteiger partial charge < -0.3 is 5.11 Å². The first-order valence-corrected chi connectivity index (χ1v) is 7.99. The lowest BCUT2D eigenvalue weighted by atomic mass is 10.1. The molecule has 0 unspecified atom stereocenters. The summed E-state index contributed by atoms with van der Waals surface area (Å²) in [5.41, 5.74) is 1.36. The van der Waals surface area contributed by atoms with E-state index in [0.717, 1.165) is 0 Å². The number of rotatable bonds is 5. The second-order valence-corrected chi connectivity index (χ2v) is 6.41. The molecule has 0 saturated heterocycles. The number of hydrogen-bond acceptors (Lipinski definition) is 6. The Balaban J connectivity index is 1.89. The summed E-state index contributed by atoms with van der Waals surface area (Å²) in [4.78, 5) is 10.6. The van der Waals surface area contributed by atoms with Crippen LogP contribution in [0, 0.1) is 0 Å². The van der Waals surface area contributed by atoms with Crippen LogP contribution in [0.5, 0.6) is 0 Å². The second kappa shape index (κ2) is 5.69. The minimum Gasteiger partial charge on any atom is -0.481 e. The van der Waals surface area contributed by atoms with Crippen molar-refractivity contribution in [3.8, 4) is 0 Å². The maximum atomic E-state index is 12.5. The monoisotopic (exact) mass is 333 g/mol. The van der Waals surface area contributed by atoms with E-state index in [9.17, 15) is 13.2 Å². The van der Waals surface area contributed by atoms with Gasteiger partial charge in [-0.25, -0.2) is 13.0 Å². The van der Waals surface area contributed by atoms with Crippen molar-refractivity contribution in [3.05, 3.63) is 48.0 Å². The topological polar surface area (TPSA) is 122 Å². The van der Waals surface area contributed by atoms with E-state index in [0.29, 0.717) is 16.8 Å². The number of sulfonamides is 1. The maximum absolute atomic E-state index is 12.5. The van der Waals surface area contributed by atoms with Gasteiger partial charge in [0.2, 0.25) is 0 Å². The minimum atomic E-state index is -3.87. The highest BCUT2D eigenvalue weighted by molar-refractivity contribution is 7.93. The van der Waals surface area contributed by atoms with Crippen molar-refractivity contribution in [3.63, 3.8) is 0 Å². The van der Waals surface area contributed by atoms with Gasteiger partial charge in [0.15, 0.2) is 5.52 Å². The summed E-state index contributed by atoms with van der Waals surface area (Å²) in [7, 11) is -3.87.